The highest BCUT2D eigenvalue weighted by atomic mass is 79.9. The van der Waals surface area contributed by atoms with E-state index in [0.29, 0.717) is 23.7 Å². The van der Waals surface area contributed by atoms with E-state index < -0.39 is 0 Å². The quantitative estimate of drug-likeness (QED) is 0.513. The molecule has 0 aliphatic rings. The molecule has 20 heavy (non-hydrogen) atoms. The molecule has 0 amide bonds. The third kappa shape index (κ3) is 3.51. The lowest BCUT2D eigenvalue weighted by molar-refractivity contribution is 0.283. The molecule has 2 aromatic carbocycles. The molecule has 0 aliphatic heterocycles. The fourth-order valence-electron chi connectivity index (χ4n) is 1.78. The van der Waals surface area contributed by atoms with Gasteiger partial charge < -0.3 is 14.7 Å². The van der Waals surface area contributed by atoms with Gasteiger partial charge in [0.1, 0.15) is 6.61 Å². The highest BCUT2D eigenvalue weighted by molar-refractivity contribution is 9.10. The van der Waals surface area contributed by atoms with E-state index in [-0.39, 0.29) is 0 Å². The van der Waals surface area contributed by atoms with E-state index in [9.17, 15) is 0 Å². The highest BCUT2D eigenvalue weighted by Gasteiger charge is 2.12. The van der Waals surface area contributed by atoms with Crippen LogP contribution in [0.1, 0.15) is 11.1 Å². The molecule has 0 spiro atoms. The topological polar surface area (TPSA) is 51.0 Å². The number of hydrogen-bond donors (Lipinski definition) is 1. The first-order valence-corrected chi connectivity index (χ1v) is 6.75. The molecule has 0 radical (unpaired) electrons. The standard InChI is InChI=1S/C15H14BrNO3/c1-19-14-8-13(16)7-12(9-17-18)15(14)20-10-11-5-3-2-4-6-11/h2-9,18H,10H2,1H3. The zero-order valence-corrected chi connectivity index (χ0v) is 12.5. The molecule has 5 heteroatoms. The largest absolute Gasteiger partial charge is 0.493 e. The fourth-order valence-corrected chi connectivity index (χ4v) is 2.24. The van der Waals surface area contributed by atoms with Crippen molar-refractivity contribution in [2.45, 2.75) is 6.61 Å². The van der Waals surface area contributed by atoms with Crippen LogP contribution in [0.15, 0.2) is 52.1 Å². The van der Waals surface area contributed by atoms with Gasteiger partial charge in [-0.3, -0.25) is 0 Å². The molecular weight excluding hydrogens is 322 g/mol. The molecule has 0 atom stereocenters. The van der Waals surface area contributed by atoms with Crippen molar-refractivity contribution >= 4 is 22.1 Å². The van der Waals surface area contributed by atoms with E-state index in [1.165, 1.54) is 6.21 Å². The zero-order valence-electron chi connectivity index (χ0n) is 10.9. The lowest BCUT2D eigenvalue weighted by Crippen LogP contribution is -2.01. The molecule has 1 N–H and O–H groups in total. The molecule has 104 valence electrons. The third-order valence-corrected chi connectivity index (χ3v) is 3.15. The molecule has 0 fully saturated rings. The van der Waals surface area contributed by atoms with Gasteiger partial charge in [0.05, 0.1) is 13.3 Å². The Morgan fingerprint density at radius 2 is 2.00 bits per heavy atom. The van der Waals surface area contributed by atoms with Gasteiger partial charge in [0.25, 0.3) is 0 Å². The third-order valence-electron chi connectivity index (χ3n) is 2.69. The van der Waals surface area contributed by atoms with Crippen LogP contribution in [0, 0.1) is 0 Å². The summed E-state index contributed by atoms with van der Waals surface area (Å²) in [4.78, 5) is 0. The van der Waals surface area contributed by atoms with Crippen LogP contribution in [0.5, 0.6) is 11.5 Å². The summed E-state index contributed by atoms with van der Waals surface area (Å²) in [6.45, 7) is 0.408. The number of oxime groups is 1. The van der Waals surface area contributed by atoms with Gasteiger partial charge in [-0.05, 0) is 17.7 Å². The van der Waals surface area contributed by atoms with Crippen molar-refractivity contribution in [3.8, 4) is 11.5 Å². The van der Waals surface area contributed by atoms with Gasteiger partial charge in [-0.2, -0.15) is 0 Å². The molecule has 0 aliphatic carbocycles. The highest BCUT2D eigenvalue weighted by Crippen LogP contribution is 2.34. The van der Waals surface area contributed by atoms with Gasteiger partial charge in [-0.1, -0.05) is 51.4 Å². The number of nitrogens with zero attached hydrogens (tertiary/aromatic N) is 1. The average molecular weight is 336 g/mol. The van der Waals surface area contributed by atoms with Gasteiger partial charge in [-0.25, -0.2) is 0 Å². The molecular formula is C15H14BrNO3. The molecule has 0 unspecified atom stereocenters. The first-order chi connectivity index (χ1) is 9.74. The normalized spacial score (nSPS) is 10.7. The molecule has 4 nitrogen and oxygen atoms in total. The number of hydrogen-bond acceptors (Lipinski definition) is 4. The number of ether oxygens (including phenoxy) is 2. The van der Waals surface area contributed by atoms with Crippen molar-refractivity contribution in [3.63, 3.8) is 0 Å². The summed E-state index contributed by atoms with van der Waals surface area (Å²) < 4.78 is 11.9. The van der Waals surface area contributed by atoms with Gasteiger partial charge in [0, 0.05) is 10.0 Å². The molecule has 0 bridgehead atoms. The Morgan fingerprint density at radius 3 is 2.65 bits per heavy atom. The minimum absolute atomic E-state index is 0.408. The van der Waals surface area contributed by atoms with Crippen LogP contribution in [-0.2, 0) is 6.61 Å². The van der Waals surface area contributed by atoms with Crippen molar-refractivity contribution in [3.05, 3.63) is 58.1 Å². The Morgan fingerprint density at radius 1 is 1.25 bits per heavy atom. The van der Waals surface area contributed by atoms with Crippen molar-refractivity contribution in [1.82, 2.24) is 0 Å². The Balaban J connectivity index is 2.29. The van der Waals surface area contributed by atoms with Gasteiger partial charge in [0.15, 0.2) is 11.5 Å². The molecule has 2 aromatic rings. The SMILES string of the molecule is COc1cc(Br)cc(C=NO)c1OCc1ccccc1. The molecule has 2 rings (SSSR count). The summed E-state index contributed by atoms with van der Waals surface area (Å²) in [7, 11) is 1.57. The molecule has 0 aromatic heterocycles. The lowest BCUT2D eigenvalue weighted by Gasteiger charge is -2.13. The Hall–Kier alpha value is -2.01. The summed E-state index contributed by atoms with van der Waals surface area (Å²) in [6, 6.07) is 13.4. The van der Waals surface area contributed by atoms with Crippen LogP contribution in [0.3, 0.4) is 0 Å². The van der Waals surface area contributed by atoms with E-state index >= 15 is 0 Å². The van der Waals surface area contributed by atoms with Crippen molar-refractivity contribution in [2.24, 2.45) is 5.16 Å². The van der Waals surface area contributed by atoms with Crippen molar-refractivity contribution in [2.75, 3.05) is 7.11 Å². The predicted octanol–water partition coefficient (Wildman–Crippen LogP) is 3.84. The van der Waals surface area contributed by atoms with Crippen LogP contribution in [0.2, 0.25) is 0 Å². The Labute approximate surface area is 125 Å². The first kappa shape index (κ1) is 14.4. The predicted molar refractivity (Wildman–Crippen MR) is 80.8 cm³/mol. The maximum atomic E-state index is 8.74. The van der Waals surface area contributed by atoms with E-state index in [0.717, 1.165) is 10.0 Å². The maximum Gasteiger partial charge on any atom is 0.170 e. The van der Waals surface area contributed by atoms with E-state index in [4.69, 9.17) is 14.7 Å². The number of halogens is 1. The molecule has 0 saturated heterocycles. The summed E-state index contributed by atoms with van der Waals surface area (Å²) in [5.41, 5.74) is 1.68. The van der Waals surface area contributed by atoms with Crippen LogP contribution >= 0.6 is 15.9 Å². The minimum atomic E-state index is 0.408. The summed E-state index contributed by atoms with van der Waals surface area (Å²) in [6.07, 6.45) is 1.31. The summed E-state index contributed by atoms with van der Waals surface area (Å²) >= 11 is 3.38. The minimum Gasteiger partial charge on any atom is -0.493 e. The van der Waals surface area contributed by atoms with Crippen LogP contribution in [0.4, 0.5) is 0 Å². The number of methoxy groups -OCH3 is 1. The van der Waals surface area contributed by atoms with Gasteiger partial charge in [0.2, 0.25) is 0 Å². The number of benzene rings is 2. The van der Waals surface area contributed by atoms with Gasteiger partial charge in [-0.15, -0.1) is 0 Å². The Bertz CT molecular complexity index is 600. The fraction of sp³-hybridized carbons (Fsp3) is 0.133. The second kappa shape index (κ2) is 6.96. The van der Waals surface area contributed by atoms with Crippen molar-refractivity contribution < 1.29 is 14.7 Å². The van der Waals surface area contributed by atoms with Crippen LogP contribution in [-0.4, -0.2) is 18.5 Å². The van der Waals surface area contributed by atoms with E-state index in [2.05, 4.69) is 21.1 Å². The first-order valence-electron chi connectivity index (χ1n) is 5.96. The molecule has 0 saturated carbocycles. The lowest BCUT2D eigenvalue weighted by atomic mass is 10.2. The maximum absolute atomic E-state index is 8.74. The van der Waals surface area contributed by atoms with Crippen LogP contribution in [0.25, 0.3) is 0 Å². The zero-order chi connectivity index (χ0) is 14.4. The number of rotatable bonds is 5. The second-order valence-electron chi connectivity index (χ2n) is 4.05. The molecule has 0 heterocycles. The monoisotopic (exact) mass is 335 g/mol. The Kier molecular flexibility index (Phi) is 5.01. The summed E-state index contributed by atoms with van der Waals surface area (Å²) in [5, 5.41) is 11.8. The van der Waals surface area contributed by atoms with E-state index in [1.54, 1.807) is 19.2 Å². The van der Waals surface area contributed by atoms with Crippen LogP contribution < -0.4 is 9.47 Å². The second-order valence-corrected chi connectivity index (χ2v) is 4.96. The van der Waals surface area contributed by atoms with E-state index in [1.807, 2.05) is 30.3 Å². The van der Waals surface area contributed by atoms with Gasteiger partial charge >= 0.3 is 0 Å². The smallest absolute Gasteiger partial charge is 0.170 e. The summed E-state index contributed by atoms with van der Waals surface area (Å²) in [5.74, 6) is 1.11. The van der Waals surface area contributed by atoms with Crippen molar-refractivity contribution in [1.29, 1.82) is 0 Å². The average Bonchev–Trinajstić information content (AvgIpc) is 2.47.